The molecular weight excluding hydrogens is 297 g/mol. The smallest absolute Gasteiger partial charge is 0.270 e. The third kappa shape index (κ3) is 2.49. The zero-order valence-corrected chi connectivity index (χ0v) is 12.4. The van der Waals surface area contributed by atoms with Gasteiger partial charge in [-0.2, -0.15) is 4.39 Å². The molecule has 1 N–H and O–H groups in total. The van der Waals surface area contributed by atoms with E-state index in [1.54, 1.807) is 24.4 Å². The number of benzene rings is 1. The summed E-state index contributed by atoms with van der Waals surface area (Å²) >= 11 is 0. The number of nitro groups is 1. The molecule has 5 nitrogen and oxygen atoms in total. The van der Waals surface area contributed by atoms with E-state index in [2.05, 4.69) is 10.3 Å². The highest BCUT2D eigenvalue weighted by atomic mass is 19.1. The first-order valence-corrected chi connectivity index (χ1v) is 7.78. The molecule has 0 aliphatic carbocycles. The number of aromatic nitrogens is 1. The number of nitrogens with zero attached hydrogens (tertiary/aromatic N) is 2. The largest absolute Gasteiger partial charge is 0.311 e. The molecule has 0 unspecified atom stereocenters. The van der Waals surface area contributed by atoms with Crippen LogP contribution in [0.5, 0.6) is 0 Å². The fraction of sp³-hybridized carbons (Fsp3) is 0.353. The molecule has 1 aromatic carbocycles. The number of rotatable bonds is 3. The van der Waals surface area contributed by atoms with Gasteiger partial charge in [-0.15, -0.1) is 0 Å². The number of pyridine rings is 1. The molecule has 2 aliphatic rings. The second-order valence-electron chi connectivity index (χ2n) is 6.30. The SMILES string of the molecule is O=[N+]([O-])c1cccc(-c2cc([C@H]3C[C@H]4CC[C@H]3N4)cnc2F)c1. The lowest BCUT2D eigenvalue weighted by molar-refractivity contribution is -0.384. The van der Waals surface area contributed by atoms with E-state index in [9.17, 15) is 14.5 Å². The molecule has 6 heteroatoms. The van der Waals surface area contributed by atoms with Gasteiger partial charge in [-0.1, -0.05) is 12.1 Å². The maximum Gasteiger partial charge on any atom is 0.270 e. The summed E-state index contributed by atoms with van der Waals surface area (Å²) in [6.45, 7) is 0. The molecule has 0 spiro atoms. The van der Waals surface area contributed by atoms with Crippen LogP contribution in [0, 0.1) is 16.1 Å². The quantitative estimate of drug-likeness (QED) is 0.536. The Morgan fingerprint density at radius 2 is 2.17 bits per heavy atom. The highest BCUT2D eigenvalue weighted by molar-refractivity contribution is 5.66. The fourth-order valence-electron chi connectivity index (χ4n) is 3.85. The number of nitro benzene ring substituents is 1. The van der Waals surface area contributed by atoms with E-state index >= 15 is 0 Å². The van der Waals surface area contributed by atoms with Crippen molar-refractivity contribution in [2.24, 2.45) is 0 Å². The maximum atomic E-state index is 14.2. The number of fused-ring (bicyclic) bond motifs is 2. The van der Waals surface area contributed by atoms with Crippen molar-refractivity contribution in [3.05, 3.63) is 58.2 Å². The van der Waals surface area contributed by atoms with Gasteiger partial charge < -0.3 is 5.32 Å². The van der Waals surface area contributed by atoms with E-state index in [4.69, 9.17) is 0 Å². The minimum absolute atomic E-state index is 0.0473. The Morgan fingerprint density at radius 3 is 2.87 bits per heavy atom. The Morgan fingerprint density at radius 1 is 1.30 bits per heavy atom. The van der Waals surface area contributed by atoms with E-state index in [1.807, 2.05) is 0 Å². The molecule has 3 atom stereocenters. The van der Waals surface area contributed by atoms with Crippen molar-refractivity contribution in [2.75, 3.05) is 0 Å². The molecular formula is C17H16FN3O2. The molecule has 0 amide bonds. The van der Waals surface area contributed by atoms with Crippen LogP contribution in [-0.2, 0) is 0 Å². The summed E-state index contributed by atoms with van der Waals surface area (Å²) in [4.78, 5) is 14.3. The number of halogens is 1. The zero-order chi connectivity index (χ0) is 16.0. The standard InChI is InChI=1S/C17H16FN3O2/c18-17-15(10-2-1-3-13(6-10)21(22)23)7-11(9-19-17)14-8-12-4-5-16(14)20-12/h1-3,6-7,9,12,14,16,20H,4-5,8H2/t12-,14-,16-/m1/s1. The summed E-state index contributed by atoms with van der Waals surface area (Å²) in [5, 5.41) is 14.5. The summed E-state index contributed by atoms with van der Waals surface area (Å²) in [7, 11) is 0. The number of hydrogen-bond donors (Lipinski definition) is 1. The summed E-state index contributed by atoms with van der Waals surface area (Å²) in [6.07, 6.45) is 4.99. The lowest BCUT2D eigenvalue weighted by Crippen LogP contribution is -2.21. The Labute approximate surface area is 132 Å². The number of hydrogen-bond acceptors (Lipinski definition) is 4. The van der Waals surface area contributed by atoms with Gasteiger partial charge >= 0.3 is 0 Å². The minimum atomic E-state index is -0.592. The first-order valence-electron chi connectivity index (χ1n) is 7.78. The van der Waals surface area contributed by atoms with E-state index in [0.29, 0.717) is 29.1 Å². The summed E-state index contributed by atoms with van der Waals surface area (Å²) in [5.41, 5.74) is 1.78. The molecule has 4 rings (SSSR count). The zero-order valence-electron chi connectivity index (χ0n) is 12.4. The number of nitrogens with one attached hydrogen (secondary N) is 1. The van der Waals surface area contributed by atoms with Gasteiger partial charge in [-0.3, -0.25) is 10.1 Å². The van der Waals surface area contributed by atoms with Crippen LogP contribution in [0.2, 0.25) is 0 Å². The Bertz CT molecular complexity index is 780. The third-order valence-corrected chi connectivity index (χ3v) is 4.96. The van der Waals surface area contributed by atoms with Crippen molar-refractivity contribution in [2.45, 2.75) is 37.3 Å². The fourth-order valence-corrected chi connectivity index (χ4v) is 3.85. The topological polar surface area (TPSA) is 68.1 Å². The van der Waals surface area contributed by atoms with E-state index in [-0.39, 0.29) is 5.69 Å². The predicted molar refractivity (Wildman–Crippen MR) is 83.6 cm³/mol. The molecule has 2 bridgehead atoms. The molecule has 118 valence electrons. The Kier molecular flexibility index (Phi) is 3.34. The van der Waals surface area contributed by atoms with Gasteiger partial charge in [0.2, 0.25) is 5.95 Å². The lowest BCUT2D eigenvalue weighted by atomic mass is 9.84. The number of non-ortho nitro benzene ring substituents is 1. The van der Waals surface area contributed by atoms with Gasteiger partial charge in [0.05, 0.1) is 4.92 Å². The van der Waals surface area contributed by atoms with Crippen molar-refractivity contribution in [3.8, 4) is 11.1 Å². The van der Waals surface area contributed by atoms with Crippen molar-refractivity contribution in [1.82, 2.24) is 10.3 Å². The van der Waals surface area contributed by atoms with Gasteiger partial charge in [0.1, 0.15) is 0 Å². The van der Waals surface area contributed by atoms with Gasteiger partial charge in [-0.25, -0.2) is 4.98 Å². The molecule has 3 heterocycles. The van der Waals surface area contributed by atoms with Gasteiger partial charge in [0.15, 0.2) is 0 Å². The van der Waals surface area contributed by atoms with Crippen LogP contribution < -0.4 is 5.32 Å². The Balaban J connectivity index is 1.73. The normalized spacial score (nSPS) is 25.7. The van der Waals surface area contributed by atoms with Crippen LogP contribution in [0.1, 0.15) is 30.7 Å². The van der Waals surface area contributed by atoms with Crippen LogP contribution in [0.3, 0.4) is 0 Å². The molecule has 2 saturated heterocycles. The van der Waals surface area contributed by atoms with E-state index in [0.717, 1.165) is 18.4 Å². The van der Waals surface area contributed by atoms with Gasteiger partial charge in [0, 0.05) is 41.9 Å². The molecule has 2 fully saturated rings. The highest BCUT2D eigenvalue weighted by Gasteiger charge is 2.40. The minimum Gasteiger partial charge on any atom is -0.311 e. The summed E-state index contributed by atoms with van der Waals surface area (Å²) in [6, 6.07) is 8.83. The summed E-state index contributed by atoms with van der Waals surface area (Å²) < 4.78 is 14.2. The van der Waals surface area contributed by atoms with E-state index in [1.165, 1.54) is 18.6 Å². The second-order valence-corrected chi connectivity index (χ2v) is 6.30. The Hall–Kier alpha value is -2.34. The predicted octanol–water partition coefficient (Wildman–Crippen LogP) is 3.40. The van der Waals surface area contributed by atoms with Crippen molar-refractivity contribution >= 4 is 5.69 Å². The highest BCUT2D eigenvalue weighted by Crippen LogP contribution is 2.40. The van der Waals surface area contributed by atoms with Gasteiger partial charge in [0.25, 0.3) is 5.69 Å². The van der Waals surface area contributed by atoms with Crippen LogP contribution in [0.4, 0.5) is 10.1 Å². The van der Waals surface area contributed by atoms with Crippen molar-refractivity contribution in [1.29, 1.82) is 0 Å². The lowest BCUT2D eigenvalue weighted by Gasteiger charge is -2.20. The second kappa shape index (κ2) is 5.38. The molecule has 1 aromatic heterocycles. The van der Waals surface area contributed by atoms with Crippen LogP contribution >= 0.6 is 0 Å². The molecule has 23 heavy (non-hydrogen) atoms. The van der Waals surface area contributed by atoms with Crippen LogP contribution in [-0.4, -0.2) is 22.0 Å². The van der Waals surface area contributed by atoms with Crippen molar-refractivity contribution < 1.29 is 9.31 Å². The third-order valence-electron chi connectivity index (χ3n) is 4.96. The molecule has 0 radical (unpaired) electrons. The first-order chi connectivity index (χ1) is 11.1. The monoisotopic (exact) mass is 313 g/mol. The van der Waals surface area contributed by atoms with Crippen LogP contribution in [0.15, 0.2) is 36.5 Å². The average Bonchev–Trinajstić information content (AvgIpc) is 3.18. The van der Waals surface area contributed by atoms with Crippen molar-refractivity contribution in [3.63, 3.8) is 0 Å². The van der Waals surface area contributed by atoms with Crippen LogP contribution in [0.25, 0.3) is 11.1 Å². The molecule has 2 aliphatic heterocycles. The average molecular weight is 313 g/mol. The first kappa shape index (κ1) is 14.3. The molecule has 0 saturated carbocycles. The van der Waals surface area contributed by atoms with E-state index < -0.39 is 10.9 Å². The molecule has 2 aromatic rings. The maximum absolute atomic E-state index is 14.2. The van der Waals surface area contributed by atoms with Gasteiger partial charge in [-0.05, 0) is 36.5 Å². The summed E-state index contributed by atoms with van der Waals surface area (Å²) in [5.74, 6) is -0.246.